The highest BCUT2D eigenvalue weighted by Gasteiger charge is 2.32. The highest BCUT2D eigenvalue weighted by molar-refractivity contribution is 7.80. The third-order valence-electron chi connectivity index (χ3n) is 6.44. The van der Waals surface area contributed by atoms with Crippen LogP contribution in [-0.2, 0) is 17.8 Å². The molecule has 1 amide bonds. The summed E-state index contributed by atoms with van der Waals surface area (Å²) in [7, 11) is 1.64. The number of methoxy groups -OCH3 is 1. The van der Waals surface area contributed by atoms with Gasteiger partial charge in [-0.25, -0.2) is 0 Å². The van der Waals surface area contributed by atoms with Crippen LogP contribution >= 0.6 is 12.2 Å². The van der Waals surface area contributed by atoms with E-state index < -0.39 is 0 Å². The number of hydrogen-bond donors (Lipinski definition) is 1. The number of nitrogens with one attached hydrogen (secondary N) is 1. The van der Waals surface area contributed by atoms with Gasteiger partial charge in [0.2, 0.25) is 0 Å². The van der Waals surface area contributed by atoms with E-state index in [0.29, 0.717) is 17.4 Å². The standard InChI is InChI=1S/C32H28N2O3S/c1-22-10-6-8-14-28(22)34-31(35)27(33-32(34)38)20-24-16-17-29(36-2)26(19-24)21-37-30-15-9-7-13-25(30)18-23-11-4-3-5-12-23/h3-17,19-20H,18,21H2,1-2H3,(H,33,38)/b27-20+. The second-order valence-corrected chi connectivity index (χ2v) is 9.43. The Morgan fingerprint density at radius 2 is 1.61 bits per heavy atom. The van der Waals surface area contributed by atoms with Crippen LogP contribution in [0.4, 0.5) is 5.69 Å². The molecule has 0 saturated carbocycles. The van der Waals surface area contributed by atoms with Gasteiger partial charge < -0.3 is 14.8 Å². The fourth-order valence-electron chi connectivity index (χ4n) is 4.50. The number of nitrogens with zero attached hydrogens (tertiary/aromatic N) is 1. The summed E-state index contributed by atoms with van der Waals surface area (Å²) in [6.45, 7) is 2.28. The number of ether oxygens (including phenoxy) is 2. The molecule has 0 aromatic heterocycles. The topological polar surface area (TPSA) is 50.8 Å². The lowest BCUT2D eigenvalue weighted by molar-refractivity contribution is -0.113. The smallest absolute Gasteiger partial charge is 0.281 e. The zero-order valence-corrected chi connectivity index (χ0v) is 22.1. The minimum Gasteiger partial charge on any atom is -0.496 e. The molecule has 1 fully saturated rings. The largest absolute Gasteiger partial charge is 0.496 e. The molecule has 0 aliphatic carbocycles. The molecule has 1 heterocycles. The van der Waals surface area contributed by atoms with Crippen LogP contribution in [0.15, 0.2) is 103 Å². The lowest BCUT2D eigenvalue weighted by atomic mass is 10.0. The van der Waals surface area contributed by atoms with Crippen molar-refractivity contribution in [2.45, 2.75) is 20.0 Å². The molecule has 1 N–H and O–H groups in total. The molecule has 6 heteroatoms. The highest BCUT2D eigenvalue weighted by Crippen LogP contribution is 2.28. The maximum absolute atomic E-state index is 13.2. The molecule has 4 aromatic rings. The van der Waals surface area contributed by atoms with Crippen LogP contribution in [0.5, 0.6) is 11.5 Å². The molecule has 1 aliphatic heterocycles. The summed E-state index contributed by atoms with van der Waals surface area (Å²) in [5, 5.41) is 3.43. The van der Waals surface area contributed by atoms with Crippen LogP contribution in [0, 0.1) is 6.92 Å². The molecule has 0 unspecified atom stereocenters. The van der Waals surface area contributed by atoms with E-state index >= 15 is 0 Å². The van der Waals surface area contributed by atoms with E-state index in [1.54, 1.807) is 13.2 Å². The number of aryl methyl sites for hydroxylation is 1. The van der Waals surface area contributed by atoms with E-state index in [9.17, 15) is 4.79 Å². The molecule has 1 aliphatic rings. The molecule has 0 radical (unpaired) electrons. The SMILES string of the molecule is COc1ccc(/C=C2/NC(=S)N(c3ccccc3C)C2=O)cc1COc1ccccc1Cc1ccccc1. The van der Waals surface area contributed by atoms with Gasteiger partial charge in [0.1, 0.15) is 23.8 Å². The Morgan fingerprint density at radius 3 is 2.39 bits per heavy atom. The van der Waals surface area contributed by atoms with Crippen molar-refractivity contribution >= 4 is 35.0 Å². The van der Waals surface area contributed by atoms with E-state index in [2.05, 4.69) is 23.5 Å². The van der Waals surface area contributed by atoms with Gasteiger partial charge >= 0.3 is 0 Å². The minimum atomic E-state index is -0.187. The van der Waals surface area contributed by atoms with E-state index in [1.165, 1.54) is 10.5 Å². The van der Waals surface area contributed by atoms with Crippen LogP contribution in [-0.4, -0.2) is 18.1 Å². The highest BCUT2D eigenvalue weighted by atomic mass is 32.1. The van der Waals surface area contributed by atoms with Gasteiger partial charge in [0.15, 0.2) is 5.11 Å². The summed E-state index contributed by atoms with van der Waals surface area (Å²) in [4.78, 5) is 14.8. The summed E-state index contributed by atoms with van der Waals surface area (Å²) in [6.07, 6.45) is 2.59. The van der Waals surface area contributed by atoms with Crippen molar-refractivity contribution in [1.82, 2.24) is 5.32 Å². The molecular weight excluding hydrogens is 492 g/mol. The van der Waals surface area contributed by atoms with Crippen LogP contribution in [0.1, 0.15) is 27.8 Å². The second kappa shape index (κ2) is 11.3. The number of thiocarbonyl (C=S) groups is 1. The number of carbonyl (C=O) groups is 1. The first kappa shape index (κ1) is 25.2. The average molecular weight is 521 g/mol. The zero-order valence-electron chi connectivity index (χ0n) is 21.3. The number of rotatable bonds is 8. The van der Waals surface area contributed by atoms with Crippen molar-refractivity contribution in [2.75, 3.05) is 12.0 Å². The third kappa shape index (κ3) is 5.45. The monoisotopic (exact) mass is 520 g/mol. The number of carbonyl (C=O) groups excluding carboxylic acids is 1. The molecule has 38 heavy (non-hydrogen) atoms. The molecule has 0 bridgehead atoms. The van der Waals surface area contributed by atoms with E-state index in [1.807, 2.05) is 85.8 Å². The molecule has 5 rings (SSSR count). The van der Waals surface area contributed by atoms with E-state index in [-0.39, 0.29) is 5.91 Å². The first-order valence-electron chi connectivity index (χ1n) is 12.4. The first-order chi connectivity index (χ1) is 18.5. The van der Waals surface area contributed by atoms with Crippen LogP contribution in [0.25, 0.3) is 6.08 Å². The molecule has 5 nitrogen and oxygen atoms in total. The van der Waals surface area contributed by atoms with Crippen LogP contribution in [0.2, 0.25) is 0 Å². The summed E-state index contributed by atoms with van der Waals surface area (Å²) in [5.74, 6) is 1.36. The Balaban J connectivity index is 1.37. The zero-order chi connectivity index (χ0) is 26.5. The number of amides is 1. The molecular formula is C32H28N2O3S. The Bertz CT molecular complexity index is 1510. The van der Waals surface area contributed by atoms with Gasteiger partial charge in [-0.1, -0.05) is 72.8 Å². The molecule has 4 aromatic carbocycles. The number of benzene rings is 4. The Morgan fingerprint density at radius 1 is 0.868 bits per heavy atom. The quantitative estimate of drug-likeness (QED) is 0.214. The van der Waals surface area contributed by atoms with Crippen LogP contribution < -0.4 is 19.7 Å². The summed E-state index contributed by atoms with van der Waals surface area (Å²) < 4.78 is 11.9. The maximum Gasteiger partial charge on any atom is 0.281 e. The molecule has 1 saturated heterocycles. The lowest BCUT2D eigenvalue weighted by Crippen LogP contribution is -2.30. The van der Waals surface area contributed by atoms with Gasteiger partial charge in [-0.2, -0.15) is 0 Å². The second-order valence-electron chi connectivity index (χ2n) is 9.05. The fraction of sp³-hybridized carbons (Fsp3) is 0.125. The van der Waals surface area contributed by atoms with Gasteiger partial charge in [-0.05, 0) is 71.7 Å². The van der Waals surface area contributed by atoms with Crippen molar-refractivity contribution in [3.05, 3.63) is 131 Å². The van der Waals surface area contributed by atoms with Crippen molar-refractivity contribution in [1.29, 1.82) is 0 Å². The van der Waals surface area contributed by atoms with Crippen LogP contribution in [0.3, 0.4) is 0 Å². The summed E-state index contributed by atoms with van der Waals surface area (Å²) in [6, 6.07) is 31.8. The first-order valence-corrected chi connectivity index (χ1v) is 12.8. The average Bonchev–Trinajstić information content (AvgIpc) is 3.21. The number of para-hydroxylation sites is 2. The Hall–Kier alpha value is -4.42. The predicted molar refractivity (Wildman–Crippen MR) is 155 cm³/mol. The van der Waals surface area contributed by atoms with Gasteiger partial charge in [0.05, 0.1) is 12.8 Å². The van der Waals surface area contributed by atoms with E-state index in [4.69, 9.17) is 21.7 Å². The maximum atomic E-state index is 13.2. The van der Waals surface area contributed by atoms with Crippen molar-refractivity contribution in [2.24, 2.45) is 0 Å². The fourth-order valence-corrected chi connectivity index (χ4v) is 4.79. The Labute approximate surface area is 228 Å². The number of hydrogen-bond acceptors (Lipinski definition) is 4. The van der Waals surface area contributed by atoms with Crippen molar-refractivity contribution in [3.8, 4) is 11.5 Å². The molecule has 190 valence electrons. The predicted octanol–water partition coefficient (Wildman–Crippen LogP) is 6.44. The van der Waals surface area contributed by atoms with Gasteiger partial charge in [-0.3, -0.25) is 9.69 Å². The summed E-state index contributed by atoms with van der Waals surface area (Å²) in [5.41, 5.74) is 6.22. The lowest BCUT2D eigenvalue weighted by Gasteiger charge is -2.16. The van der Waals surface area contributed by atoms with Crippen molar-refractivity contribution < 1.29 is 14.3 Å². The van der Waals surface area contributed by atoms with Gasteiger partial charge in [0.25, 0.3) is 5.91 Å². The number of anilines is 1. The third-order valence-corrected chi connectivity index (χ3v) is 6.73. The summed E-state index contributed by atoms with van der Waals surface area (Å²) >= 11 is 5.49. The van der Waals surface area contributed by atoms with Crippen molar-refractivity contribution in [3.63, 3.8) is 0 Å². The normalized spacial score (nSPS) is 14.1. The molecule has 0 atom stereocenters. The minimum absolute atomic E-state index is 0.187. The molecule has 0 spiro atoms. The van der Waals surface area contributed by atoms with Gasteiger partial charge in [-0.15, -0.1) is 0 Å². The Kier molecular flexibility index (Phi) is 7.52. The van der Waals surface area contributed by atoms with Gasteiger partial charge in [0, 0.05) is 12.0 Å². The van der Waals surface area contributed by atoms with E-state index in [0.717, 1.165) is 45.9 Å².